The van der Waals surface area contributed by atoms with Crippen LogP contribution < -0.4 is 18.9 Å². The van der Waals surface area contributed by atoms with Gasteiger partial charge in [0.05, 0.1) is 0 Å². The van der Waals surface area contributed by atoms with Gasteiger partial charge in [-0.15, -0.1) is 0 Å². The molecule has 0 spiro atoms. The van der Waals surface area contributed by atoms with Crippen molar-refractivity contribution in [2.24, 2.45) is 0 Å². The Kier molecular flexibility index (Phi) is 29.6. The Bertz CT molecular complexity index is 32.8. The molecular formula is C7H20AlLi. The Morgan fingerprint density at radius 2 is 1.22 bits per heavy atom. The molecule has 0 aromatic carbocycles. The standard InChI is InChI=1S/C7H16.Al.Li.4H/c1-3-5-7-6-4-2;;;;;;/h3-7H2,1-2H3;;;;;;/q;;+1;;;;-1. The van der Waals surface area contributed by atoms with Crippen molar-refractivity contribution >= 4 is 17.4 Å². The fourth-order valence-electron chi connectivity index (χ4n) is 0.677. The van der Waals surface area contributed by atoms with Gasteiger partial charge in [-0.25, -0.2) is 0 Å². The zero-order chi connectivity index (χ0) is 5.54. The van der Waals surface area contributed by atoms with Crippen LogP contribution in [0.15, 0.2) is 0 Å². The Labute approximate surface area is 83.6 Å². The second-order valence-electron chi connectivity index (χ2n) is 2.06. The van der Waals surface area contributed by atoms with Crippen LogP contribution in [0.25, 0.3) is 0 Å². The van der Waals surface area contributed by atoms with E-state index in [2.05, 4.69) is 13.8 Å². The molecule has 0 heterocycles. The normalized spacial score (nSPS) is 7.33. The minimum atomic E-state index is 0. The number of unbranched alkanes of at least 4 members (excludes halogenated alkanes) is 4. The summed E-state index contributed by atoms with van der Waals surface area (Å²) < 4.78 is 0. The fourth-order valence-corrected chi connectivity index (χ4v) is 0.677. The summed E-state index contributed by atoms with van der Waals surface area (Å²) in [6.45, 7) is 4.49. The molecule has 0 fully saturated rings. The maximum Gasteiger partial charge on any atom is 1.00 e. The van der Waals surface area contributed by atoms with Gasteiger partial charge in [0, 0.05) is 0 Å². The van der Waals surface area contributed by atoms with E-state index in [1.54, 1.807) is 0 Å². The molecule has 0 bridgehead atoms. The first-order valence-corrected chi connectivity index (χ1v) is 3.41. The minimum Gasteiger partial charge on any atom is -1.00 e. The Hall–Kier alpha value is 1.13. The predicted molar refractivity (Wildman–Crippen MR) is 45.5 cm³/mol. The zero-order valence-electron chi connectivity index (χ0n) is 7.54. The largest absolute Gasteiger partial charge is 1.00 e. The topological polar surface area (TPSA) is 0 Å². The number of hydrogen-bond donors (Lipinski definition) is 0. The van der Waals surface area contributed by atoms with Gasteiger partial charge in [0.1, 0.15) is 0 Å². The molecule has 0 atom stereocenters. The van der Waals surface area contributed by atoms with E-state index in [0.717, 1.165) is 0 Å². The fraction of sp³-hybridized carbons (Fsp3) is 1.00. The van der Waals surface area contributed by atoms with Gasteiger partial charge < -0.3 is 1.43 Å². The average Bonchev–Trinajstić information content (AvgIpc) is 1.69. The van der Waals surface area contributed by atoms with Gasteiger partial charge in [-0.05, 0) is 0 Å². The van der Waals surface area contributed by atoms with Crippen molar-refractivity contribution in [2.45, 2.75) is 46.0 Å². The van der Waals surface area contributed by atoms with Crippen LogP contribution in [0.4, 0.5) is 0 Å². The first-order chi connectivity index (χ1) is 3.41. The van der Waals surface area contributed by atoms with Crippen molar-refractivity contribution in [2.75, 3.05) is 0 Å². The maximum atomic E-state index is 2.25. The molecule has 0 rings (SSSR count). The average molecular weight is 138 g/mol. The van der Waals surface area contributed by atoms with Crippen LogP contribution >= 0.6 is 0 Å². The van der Waals surface area contributed by atoms with E-state index >= 15 is 0 Å². The molecule has 0 saturated heterocycles. The predicted octanol–water partition coefficient (Wildman–Crippen LogP) is -1.09. The molecule has 0 N–H and O–H groups in total. The van der Waals surface area contributed by atoms with E-state index in [0.29, 0.717) is 0 Å². The van der Waals surface area contributed by atoms with Crippen molar-refractivity contribution in [3.05, 3.63) is 0 Å². The third-order valence-electron chi connectivity index (χ3n) is 1.21. The van der Waals surface area contributed by atoms with Crippen molar-refractivity contribution in [3.63, 3.8) is 0 Å². The van der Waals surface area contributed by atoms with Crippen LogP contribution in [-0.2, 0) is 0 Å². The molecular weight excluding hydrogens is 118 g/mol. The summed E-state index contributed by atoms with van der Waals surface area (Å²) in [4.78, 5) is 0. The van der Waals surface area contributed by atoms with Crippen LogP contribution in [0.3, 0.4) is 0 Å². The van der Waals surface area contributed by atoms with Gasteiger partial charge >= 0.3 is 18.9 Å². The molecule has 0 nitrogen and oxygen atoms in total. The molecule has 0 unspecified atom stereocenters. The van der Waals surface area contributed by atoms with Gasteiger partial charge in [0.2, 0.25) is 0 Å². The maximum absolute atomic E-state index is 2.25. The van der Waals surface area contributed by atoms with Crippen LogP contribution in [0.5, 0.6) is 0 Å². The molecule has 0 aliphatic rings. The number of rotatable bonds is 4. The first-order valence-electron chi connectivity index (χ1n) is 3.41. The van der Waals surface area contributed by atoms with E-state index in [4.69, 9.17) is 0 Å². The molecule has 0 aliphatic carbocycles. The van der Waals surface area contributed by atoms with Gasteiger partial charge in [0.25, 0.3) is 0 Å². The zero-order valence-corrected chi connectivity index (χ0v) is 6.54. The second-order valence-corrected chi connectivity index (χ2v) is 2.06. The summed E-state index contributed by atoms with van der Waals surface area (Å²) in [5.41, 5.74) is 0. The Balaban J connectivity index is -0.0000000600. The summed E-state index contributed by atoms with van der Waals surface area (Å²) in [7, 11) is 0. The van der Waals surface area contributed by atoms with E-state index in [-0.39, 0.29) is 37.6 Å². The van der Waals surface area contributed by atoms with Crippen LogP contribution in [-0.4, -0.2) is 17.4 Å². The minimum absolute atomic E-state index is 0. The van der Waals surface area contributed by atoms with E-state index in [9.17, 15) is 0 Å². The molecule has 52 valence electrons. The summed E-state index contributed by atoms with van der Waals surface area (Å²) in [5, 5.41) is 0. The van der Waals surface area contributed by atoms with E-state index < -0.39 is 0 Å². The van der Waals surface area contributed by atoms with Gasteiger partial charge in [-0.3, -0.25) is 0 Å². The summed E-state index contributed by atoms with van der Waals surface area (Å²) in [6, 6.07) is 0. The molecule has 0 amide bonds. The van der Waals surface area contributed by atoms with Gasteiger partial charge in [-0.2, -0.15) is 0 Å². The monoisotopic (exact) mass is 138 g/mol. The molecule has 0 saturated carbocycles. The quantitative estimate of drug-likeness (QED) is 0.342. The van der Waals surface area contributed by atoms with Gasteiger partial charge in [-0.1, -0.05) is 46.0 Å². The van der Waals surface area contributed by atoms with E-state index in [1.807, 2.05) is 0 Å². The van der Waals surface area contributed by atoms with Gasteiger partial charge in [0.15, 0.2) is 17.4 Å². The van der Waals surface area contributed by atoms with Crippen molar-refractivity contribution < 1.29 is 20.3 Å². The summed E-state index contributed by atoms with van der Waals surface area (Å²) >= 11 is 0. The van der Waals surface area contributed by atoms with E-state index in [1.165, 1.54) is 32.1 Å². The van der Waals surface area contributed by atoms with Crippen LogP contribution in [0.2, 0.25) is 0 Å². The molecule has 2 heteroatoms. The summed E-state index contributed by atoms with van der Waals surface area (Å²) in [5.74, 6) is 0. The smallest absolute Gasteiger partial charge is 1.00 e. The third kappa shape index (κ3) is 17.6. The third-order valence-corrected chi connectivity index (χ3v) is 1.21. The van der Waals surface area contributed by atoms with Crippen molar-refractivity contribution in [1.82, 2.24) is 0 Å². The molecule has 0 radical (unpaired) electrons. The second kappa shape index (κ2) is 16.1. The Morgan fingerprint density at radius 1 is 0.889 bits per heavy atom. The van der Waals surface area contributed by atoms with Crippen molar-refractivity contribution in [3.8, 4) is 0 Å². The number of hydrogen-bond acceptors (Lipinski definition) is 0. The summed E-state index contributed by atoms with van der Waals surface area (Å²) in [6.07, 6.45) is 7.01. The molecule has 9 heavy (non-hydrogen) atoms. The van der Waals surface area contributed by atoms with Crippen LogP contribution in [0.1, 0.15) is 47.4 Å². The molecule has 0 aliphatic heterocycles. The molecule has 0 aromatic heterocycles. The Morgan fingerprint density at radius 3 is 1.44 bits per heavy atom. The SMILES string of the molecule is CCCCCCC.[AlH3].[H-].[Li+]. The molecule has 0 aromatic rings. The van der Waals surface area contributed by atoms with Crippen molar-refractivity contribution in [1.29, 1.82) is 0 Å². The first kappa shape index (κ1) is 16.6. The van der Waals surface area contributed by atoms with Crippen LogP contribution in [0, 0.1) is 0 Å².